The maximum atomic E-state index is 5.07. The first kappa shape index (κ1) is 21.8. The molecule has 0 bridgehead atoms. The van der Waals surface area contributed by atoms with E-state index in [0.717, 1.165) is 24.2 Å². The molecule has 27 heavy (non-hydrogen) atoms. The highest BCUT2D eigenvalue weighted by molar-refractivity contribution is 6.74. The molecule has 0 radical (unpaired) electrons. The molecule has 2 heterocycles. The first-order valence-corrected chi connectivity index (χ1v) is 10.6. The minimum Gasteiger partial charge on any atom is -0.336 e. The summed E-state index contributed by atoms with van der Waals surface area (Å²) in [7, 11) is 2.13. The molecular weight excluding hydrogens is 327 g/mol. The van der Waals surface area contributed by atoms with Crippen LogP contribution in [0.1, 0.15) is 73.9 Å². The molecule has 0 saturated heterocycles. The number of rotatable bonds is 6. The first-order chi connectivity index (χ1) is 12.4. The molecule has 0 atom stereocenters. The Labute approximate surface area is 167 Å². The van der Waals surface area contributed by atoms with Gasteiger partial charge in [-0.3, -0.25) is 0 Å². The van der Waals surface area contributed by atoms with E-state index in [9.17, 15) is 0 Å². The van der Waals surface area contributed by atoms with Crippen LogP contribution < -0.4 is 5.46 Å². The first-order valence-electron chi connectivity index (χ1n) is 10.6. The second-order valence-corrected chi connectivity index (χ2v) is 9.97. The van der Waals surface area contributed by atoms with Crippen molar-refractivity contribution >= 4 is 28.8 Å². The van der Waals surface area contributed by atoms with Gasteiger partial charge in [-0.25, -0.2) is 4.98 Å². The molecular formula is C24H39BN2. The number of nitrogens with zero attached hydrogens (tertiary/aromatic N) is 2. The highest BCUT2D eigenvalue weighted by atomic mass is 15.0. The van der Waals surface area contributed by atoms with Crippen LogP contribution in [0.25, 0.3) is 16.6 Å². The van der Waals surface area contributed by atoms with Crippen molar-refractivity contribution in [3.8, 4) is 0 Å². The summed E-state index contributed by atoms with van der Waals surface area (Å²) in [4.78, 5) is 5.07. The van der Waals surface area contributed by atoms with Crippen molar-refractivity contribution < 1.29 is 0 Å². The van der Waals surface area contributed by atoms with Gasteiger partial charge in [-0.2, -0.15) is 0 Å². The molecule has 2 aromatic rings. The number of hydrogen-bond donors (Lipinski definition) is 0. The average Bonchev–Trinajstić information content (AvgIpc) is 2.90. The quantitative estimate of drug-likeness (QED) is 0.529. The number of aryl methyl sites for hydroxylation is 1. The SMILES string of the molecule is CC/C(C)=C(\CC)c1ccc2c(B(C)CC(C)(C)C(C)(C)C)cn(C)c2n1. The van der Waals surface area contributed by atoms with Gasteiger partial charge in [-0.15, -0.1) is 0 Å². The van der Waals surface area contributed by atoms with E-state index in [1.165, 1.54) is 28.3 Å². The van der Waals surface area contributed by atoms with Crippen molar-refractivity contribution in [2.75, 3.05) is 0 Å². The van der Waals surface area contributed by atoms with Crippen molar-refractivity contribution in [1.29, 1.82) is 0 Å². The molecule has 0 amide bonds. The number of pyridine rings is 1. The topological polar surface area (TPSA) is 17.8 Å². The third-order valence-corrected chi connectivity index (χ3v) is 6.94. The smallest absolute Gasteiger partial charge is 0.176 e. The summed E-state index contributed by atoms with van der Waals surface area (Å²) in [6.07, 6.45) is 5.59. The fourth-order valence-electron chi connectivity index (χ4n) is 3.94. The van der Waals surface area contributed by atoms with Crippen LogP contribution in [0.2, 0.25) is 13.1 Å². The average molecular weight is 366 g/mol. The molecule has 3 heteroatoms. The highest BCUT2D eigenvalue weighted by Crippen LogP contribution is 2.42. The molecule has 2 nitrogen and oxygen atoms in total. The predicted octanol–water partition coefficient (Wildman–Crippen LogP) is 6.57. The molecule has 0 aliphatic heterocycles. The Morgan fingerprint density at radius 2 is 1.70 bits per heavy atom. The van der Waals surface area contributed by atoms with E-state index in [1.54, 1.807) is 0 Å². The van der Waals surface area contributed by atoms with E-state index in [0.29, 0.717) is 6.71 Å². The van der Waals surface area contributed by atoms with Crippen LogP contribution in [-0.4, -0.2) is 16.3 Å². The molecule has 0 saturated carbocycles. The van der Waals surface area contributed by atoms with Crippen LogP contribution in [0.3, 0.4) is 0 Å². The van der Waals surface area contributed by atoms with Gasteiger partial charge in [0.15, 0.2) is 6.71 Å². The normalized spacial score (nSPS) is 13.9. The van der Waals surface area contributed by atoms with Gasteiger partial charge in [0.25, 0.3) is 0 Å². The Kier molecular flexibility index (Phi) is 6.34. The van der Waals surface area contributed by atoms with Gasteiger partial charge in [-0.05, 0) is 48.3 Å². The summed E-state index contributed by atoms with van der Waals surface area (Å²) >= 11 is 0. The number of hydrogen-bond acceptors (Lipinski definition) is 1. The molecule has 0 aromatic carbocycles. The Morgan fingerprint density at radius 3 is 2.22 bits per heavy atom. The van der Waals surface area contributed by atoms with E-state index in [2.05, 4.69) is 92.2 Å². The van der Waals surface area contributed by atoms with Gasteiger partial charge >= 0.3 is 0 Å². The van der Waals surface area contributed by atoms with Gasteiger partial charge in [0.05, 0.1) is 5.69 Å². The third kappa shape index (κ3) is 4.33. The summed E-state index contributed by atoms with van der Waals surface area (Å²) in [6.45, 7) is 21.4. The summed E-state index contributed by atoms with van der Waals surface area (Å²) < 4.78 is 2.21. The summed E-state index contributed by atoms with van der Waals surface area (Å²) in [5.74, 6) is 0. The lowest BCUT2D eigenvalue weighted by molar-refractivity contribution is 0.156. The molecule has 0 unspecified atom stereocenters. The lowest BCUT2D eigenvalue weighted by Crippen LogP contribution is -2.38. The van der Waals surface area contributed by atoms with Gasteiger partial charge in [-0.1, -0.05) is 72.6 Å². The van der Waals surface area contributed by atoms with E-state index in [4.69, 9.17) is 4.98 Å². The van der Waals surface area contributed by atoms with Crippen molar-refractivity contribution in [3.05, 3.63) is 29.6 Å². The van der Waals surface area contributed by atoms with E-state index in [-0.39, 0.29) is 10.8 Å². The summed E-state index contributed by atoms with van der Waals surface area (Å²) in [5, 5.41) is 1.31. The Hall–Kier alpha value is -1.51. The van der Waals surface area contributed by atoms with Gasteiger partial charge < -0.3 is 4.57 Å². The van der Waals surface area contributed by atoms with Gasteiger partial charge in [0.2, 0.25) is 0 Å². The lowest BCUT2D eigenvalue weighted by atomic mass is 9.38. The Balaban J connectivity index is 2.47. The fraction of sp³-hybridized carbons (Fsp3) is 0.625. The van der Waals surface area contributed by atoms with Crippen molar-refractivity contribution in [2.45, 2.75) is 81.4 Å². The van der Waals surface area contributed by atoms with Crippen molar-refractivity contribution in [3.63, 3.8) is 0 Å². The minimum absolute atomic E-state index is 0.276. The van der Waals surface area contributed by atoms with E-state index in [1.807, 2.05) is 0 Å². The summed E-state index contributed by atoms with van der Waals surface area (Å²) in [5.41, 5.74) is 7.08. The summed E-state index contributed by atoms with van der Waals surface area (Å²) in [6, 6.07) is 4.53. The van der Waals surface area contributed by atoms with Crippen LogP contribution in [-0.2, 0) is 7.05 Å². The maximum absolute atomic E-state index is 5.07. The Bertz CT molecular complexity index is 834. The number of fused-ring (bicyclic) bond motifs is 1. The van der Waals surface area contributed by atoms with Crippen LogP contribution in [0.5, 0.6) is 0 Å². The van der Waals surface area contributed by atoms with Crippen LogP contribution in [0, 0.1) is 10.8 Å². The fourth-order valence-corrected chi connectivity index (χ4v) is 3.94. The zero-order valence-corrected chi connectivity index (χ0v) is 19.3. The number of allylic oxidation sites excluding steroid dienone is 2. The zero-order valence-electron chi connectivity index (χ0n) is 19.3. The van der Waals surface area contributed by atoms with E-state index >= 15 is 0 Å². The highest BCUT2D eigenvalue weighted by Gasteiger charge is 2.35. The Morgan fingerprint density at radius 1 is 1.07 bits per heavy atom. The van der Waals surface area contributed by atoms with Crippen molar-refractivity contribution in [2.24, 2.45) is 17.9 Å². The van der Waals surface area contributed by atoms with Crippen molar-refractivity contribution in [1.82, 2.24) is 9.55 Å². The third-order valence-electron chi connectivity index (χ3n) is 6.94. The van der Waals surface area contributed by atoms with Crippen LogP contribution in [0.15, 0.2) is 23.9 Å². The zero-order chi connectivity index (χ0) is 20.6. The molecule has 0 aliphatic rings. The van der Waals surface area contributed by atoms with Crippen LogP contribution in [0.4, 0.5) is 0 Å². The number of aromatic nitrogens is 2. The molecule has 2 rings (SSSR count). The molecule has 0 fully saturated rings. The predicted molar refractivity (Wildman–Crippen MR) is 123 cm³/mol. The molecule has 0 aliphatic carbocycles. The molecule has 2 aromatic heterocycles. The van der Waals surface area contributed by atoms with Gasteiger partial charge in [0, 0.05) is 18.6 Å². The van der Waals surface area contributed by atoms with Crippen LogP contribution >= 0.6 is 0 Å². The largest absolute Gasteiger partial charge is 0.336 e. The second kappa shape index (κ2) is 7.85. The van der Waals surface area contributed by atoms with Gasteiger partial charge in [0.1, 0.15) is 5.65 Å². The molecule has 0 N–H and O–H groups in total. The minimum atomic E-state index is 0.276. The molecule has 148 valence electrons. The second-order valence-electron chi connectivity index (χ2n) is 9.97. The monoisotopic (exact) mass is 366 g/mol. The maximum Gasteiger partial charge on any atom is 0.176 e. The molecule has 0 spiro atoms. The standard InChI is InChI=1S/C24H39BN2/c1-11-17(3)18(12-2)21-14-13-19-20(15-27(10)22(19)26-21)25(9)16-24(7,8)23(4,5)6/h13-15H,11-12,16H2,1-10H3/b18-17+. The lowest BCUT2D eigenvalue weighted by Gasteiger charge is -2.40. The van der Waals surface area contributed by atoms with E-state index < -0.39 is 0 Å².